The smallest absolute Gasteiger partial charge is 0.345 e. The van der Waals surface area contributed by atoms with Crippen LogP contribution in [0.2, 0.25) is 0 Å². The van der Waals surface area contributed by atoms with E-state index in [-0.39, 0.29) is 5.92 Å². The van der Waals surface area contributed by atoms with Gasteiger partial charge in [-0.3, -0.25) is 0 Å². The van der Waals surface area contributed by atoms with Crippen LogP contribution >= 0.6 is 0 Å². The Morgan fingerprint density at radius 1 is 1.25 bits per heavy atom. The third-order valence-electron chi connectivity index (χ3n) is 2.59. The SMILES string of the molecule is Cc1ccc(OC(C(=O)O)C(C)C)cc1C. The first-order chi connectivity index (χ1) is 7.41. The zero-order valence-electron chi connectivity index (χ0n) is 10.2. The third-order valence-corrected chi connectivity index (χ3v) is 2.59. The number of hydrogen-bond donors (Lipinski definition) is 1. The lowest BCUT2D eigenvalue weighted by Crippen LogP contribution is -2.32. The molecule has 1 aromatic carbocycles. The molecule has 0 aromatic heterocycles. The minimum Gasteiger partial charge on any atom is -0.478 e. The topological polar surface area (TPSA) is 46.5 Å². The minimum absolute atomic E-state index is 0.0564. The summed E-state index contributed by atoms with van der Waals surface area (Å²) in [6, 6.07) is 5.61. The second kappa shape index (κ2) is 5.01. The van der Waals surface area contributed by atoms with E-state index in [2.05, 4.69) is 0 Å². The molecule has 0 heterocycles. The molecule has 3 nitrogen and oxygen atoms in total. The van der Waals surface area contributed by atoms with Crippen molar-refractivity contribution in [3.05, 3.63) is 29.3 Å². The molecule has 0 saturated heterocycles. The number of hydrogen-bond acceptors (Lipinski definition) is 2. The summed E-state index contributed by atoms with van der Waals surface area (Å²) in [5, 5.41) is 9.00. The number of carboxylic acids is 1. The van der Waals surface area contributed by atoms with Gasteiger partial charge >= 0.3 is 5.97 Å². The van der Waals surface area contributed by atoms with E-state index < -0.39 is 12.1 Å². The van der Waals surface area contributed by atoms with Gasteiger partial charge in [-0.2, -0.15) is 0 Å². The Hall–Kier alpha value is -1.51. The van der Waals surface area contributed by atoms with E-state index in [4.69, 9.17) is 9.84 Å². The monoisotopic (exact) mass is 222 g/mol. The molecule has 3 heteroatoms. The molecule has 1 unspecified atom stereocenters. The highest BCUT2D eigenvalue weighted by atomic mass is 16.5. The van der Waals surface area contributed by atoms with Crippen LogP contribution in [-0.2, 0) is 4.79 Å². The fourth-order valence-electron chi connectivity index (χ4n) is 1.41. The van der Waals surface area contributed by atoms with E-state index in [1.807, 2.05) is 39.8 Å². The predicted octanol–water partition coefficient (Wildman–Crippen LogP) is 2.79. The summed E-state index contributed by atoms with van der Waals surface area (Å²) in [6.07, 6.45) is -0.790. The average Bonchev–Trinajstić information content (AvgIpc) is 2.18. The van der Waals surface area contributed by atoms with Crippen LogP contribution in [0.1, 0.15) is 25.0 Å². The van der Waals surface area contributed by atoms with Gasteiger partial charge in [0.05, 0.1) is 0 Å². The van der Waals surface area contributed by atoms with Crippen molar-refractivity contribution in [1.82, 2.24) is 0 Å². The number of aliphatic carboxylic acids is 1. The van der Waals surface area contributed by atoms with E-state index in [0.29, 0.717) is 5.75 Å². The Labute approximate surface area is 96.1 Å². The number of carboxylic acid groups (broad SMARTS) is 1. The number of rotatable bonds is 4. The molecule has 0 spiro atoms. The molecule has 0 aliphatic heterocycles. The second-order valence-electron chi connectivity index (χ2n) is 4.37. The van der Waals surface area contributed by atoms with Crippen LogP contribution in [0, 0.1) is 19.8 Å². The van der Waals surface area contributed by atoms with Gasteiger partial charge in [0.25, 0.3) is 0 Å². The van der Waals surface area contributed by atoms with Gasteiger partial charge in [-0.15, -0.1) is 0 Å². The van der Waals surface area contributed by atoms with Crippen molar-refractivity contribution in [3.8, 4) is 5.75 Å². The van der Waals surface area contributed by atoms with Crippen LogP contribution in [0.4, 0.5) is 0 Å². The zero-order valence-corrected chi connectivity index (χ0v) is 10.2. The van der Waals surface area contributed by atoms with Crippen molar-refractivity contribution in [2.75, 3.05) is 0 Å². The van der Waals surface area contributed by atoms with Gasteiger partial charge in [0.1, 0.15) is 5.75 Å². The quantitative estimate of drug-likeness (QED) is 0.852. The van der Waals surface area contributed by atoms with Gasteiger partial charge in [0.15, 0.2) is 6.10 Å². The van der Waals surface area contributed by atoms with Gasteiger partial charge in [0.2, 0.25) is 0 Å². The Bertz CT molecular complexity index is 383. The summed E-state index contributed by atoms with van der Waals surface area (Å²) < 4.78 is 5.47. The molecular weight excluding hydrogens is 204 g/mol. The van der Waals surface area contributed by atoms with Crippen LogP contribution in [0.15, 0.2) is 18.2 Å². The molecule has 88 valence electrons. The molecule has 16 heavy (non-hydrogen) atoms. The summed E-state index contributed by atoms with van der Waals surface area (Å²) >= 11 is 0. The van der Waals surface area contributed by atoms with Crippen LogP contribution in [0.25, 0.3) is 0 Å². The fraction of sp³-hybridized carbons (Fsp3) is 0.462. The van der Waals surface area contributed by atoms with Crippen molar-refractivity contribution >= 4 is 5.97 Å². The van der Waals surface area contributed by atoms with Gasteiger partial charge in [-0.25, -0.2) is 4.79 Å². The molecular formula is C13H18O3. The van der Waals surface area contributed by atoms with Crippen LogP contribution in [-0.4, -0.2) is 17.2 Å². The average molecular weight is 222 g/mol. The highest BCUT2D eigenvalue weighted by molar-refractivity contribution is 5.73. The molecule has 0 amide bonds. The molecule has 1 rings (SSSR count). The number of ether oxygens (including phenoxy) is 1. The summed E-state index contributed by atoms with van der Waals surface area (Å²) in [4.78, 5) is 11.0. The standard InChI is InChI=1S/C13H18O3/c1-8(2)12(13(14)15)16-11-6-5-9(3)10(4)7-11/h5-8,12H,1-4H3,(H,14,15). The van der Waals surface area contributed by atoms with Gasteiger partial charge in [-0.05, 0) is 37.1 Å². The lowest BCUT2D eigenvalue weighted by atomic mass is 10.1. The first-order valence-electron chi connectivity index (χ1n) is 5.38. The Morgan fingerprint density at radius 2 is 1.88 bits per heavy atom. The van der Waals surface area contributed by atoms with E-state index in [9.17, 15) is 4.79 Å². The molecule has 1 aromatic rings. The number of carbonyl (C=O) groups is 1. The van der Waals surface area contributed by atoms with Crippen molar-refractivity contribution < 1.29 is 14.6 Å². The van der Waals surface area contributed by atoms with Crippen molar-refractivity contribution in [3.63, 3.8) is 0 Å². The largest absolute Gasteiger partial charge is 0.478 e. The Balaban J connectivity index is 2.86. The van der Waals surface area contributed by atoms with Crippen molar-refractivity contribution in [1.29, 1.82) is 0 Å². The van der Waals surface area contributed by atoms with Crippen LogP contribution in [0.3, 0.4) is 0 Å². The summed E-state index contributed by atoms with van der Waals surface area (Å²) in [5.74, 6) is -0.364. The molecule has 1 atom stereocenters. The third kappa shape index (κ3) is 2.99. The minimum atomic E-state index is -0.923. The van der Waals surface area contributed by atoms with Crippen molar-refractivity contribution in [2.24, 2.45) is 5.92 Å². The van der Waals surface area contributed by atoms with Gasteiger partial charge in [0, 0.05) is 5.92 Å². The first-order valence-corrected chi connectivity index (χ1v) is 5.38. The molecule has 1 N–H and O–H groups in total. The normalized spacial score (nSPS) is 12.6. The van der Waals surface area contributed by atoms with Gasteiger partial charge in [-0.1, -0.05) is 19.9 Å². The molecule has 0 aliphatic carbocycles. The molecule has 0 saturated carbocycles. The maximum Gasteiger partial charge on any atom is 0.345 e. The summed E-state index contributed by atoms with van der Waals surface area (Å²) in [6.45, 7) is 7.66. The van der Waals surface area contributed by atoms with E-state index in [1.54, 1.807) is 6.07 Å². The Morgan fingerprint density at radius 3 is 2.31 bits per heavy atom. The second-order valence-corrected chi connectivity index (χ2v) is 4.37. The first kappa shape index (κ1) is 12.6. The highest BCUT2D eigenvalue weighted by Crippen LogP contribution is 2.19. The molecule has 0 bridgehead atoms. The zero-order chi connectivity index (χ0) is 12.3. The number of benzene rings is 1. The molecule has 0 aliphatic rings. The Kier molecular flexibility index (Phi) is 3.93. The van der Waals surface area contributed by atoms with Crippen LogP contribution < -0.4 is 4.74 Å². The van der Waals surface area contributed by atoms with Gasteiger partial charge < -0.3 is 9.84 Å². The predicted molar refractivity (Wildman–Crippen MR) is 62.8 cm³/mol. The lowest BCUT2D eigenvalue weighted by Gasteiger charge is -2.18. The van der Waals surface area contributed by atoms with E-state index >= 15 is 0 Å². The molecule has 0 radical (unpaired) electrons. The van der Waals surface area contributed by atoms with Crippen molar-refractivity contribution in [2.45, 2.75) is 33.8 Å². The van der Waals surface area contributed by atoms with Crippen LogP contribution in [0.5, 0.6) is 5.75 Å². The maximum absolute atomic E-state index is 11.0. The maximum atomic E-state index is 11.0. The summed E-state index contributed by atoms with van der Waals surface area (Å²) in [7, 11) is 0. The van der Waals surface area contributed by atoms with E-state index in [1.165, 1.54) is 5.56 Å². The number of aryl methyl sites for hydroxylation is 2. The fourth-order valence-corrected chi connectivity index (χ4v) is 1.41. The van der Waals surface area contributed by atoms with E-state index in [0.717, 1.165) is 5.56 Å². The molecule has 0 fully saturated rings. The summed E-state index contributed by atoms with van der Waals surface area (Å²) in [5.41, 5.74) is 2.27. The lowest BCUT2D eigenvalue weighted by molar-refractivity contribution is -0.147. The highest BCUT2D eigenvalue weighted by Gasteiger charge is 2.23.